The van der Waals surface area contributed by atoms with E-state index in [2.05, 4.69) is 116 Å². The topological polar surface area (TPSA) is 0 Å². The number of hydrogen-bond donors (Lipinski definition) is 0. The second kappa shape index (κ2) is 23.7. The molecule has 6 rings (SSSR count). The number of aryl methyl sites for hydroxylation is 4. The molecule has 0 fully saturated rings. The third kappa shape index (κ3) is 11.5. The molecule has 2 atom stereocenters. The summed E-state index contributed by atoms with van der Waals surface area (Å²) in [6, 6.07) is 10.4. The van der Waals surface area contributed by atoms with Gasteiger partial charge in [0.15, 0.2) is 0 Å². The van der Waals surface area contributed by atoms with Crippen molar-refractivity contribution in [2.45, 2.75) is 226 Å². The van der Waals surface area contributed by atoms with Gasteiger partial charge in [-0.2, -0.15) is 0 Å². The predicted octanol–water partition coefficient (Wildman–Crippen LogP) is 18.6. The van der Waals surface area contributed by atoms with Crippen molar-refractivity contribution in [2.24, 2.45) is 11.8 Å². The van der Waals surface area contributed by atoms with Crippen LogP contribution in [0.1, 0.15) is 213 Å². The predicted molar refractivity (Wildman–Crippen MR) is 272 cm³/mol. The summed E-state index contributed by atoms with van der Waals surface area (Å²) < 4.78 is 3.77. The molecule has 0 saturated heterocycles. The summed E-state index contributed by atoms with van der Waals surface area (Å²) in [4.78, 5) is 12.7. The van der Waals surface area contributed by atoms with Crippen LogP contribution in [0, 0.1) is 39.5 Å². The molecule has 324 valence electrons. The van der Waals surface area contributed by atoms with Crippen LogP contribution in [0.2, 0.25) is 10.5 Å². The molecule has 0 spiro atoms. The van der Waals surface area contributed by atoms with Crippen LogP contribution in [0.5, 0.6) is 0 Å². The first-order chi connectivity index (χ1) is 28.1. The minimum atomic E-state index is -2.28. The third-order valence-corrected chi connectivity index (χ3v) is 30.6. The zero-order chi connectivity index (χ0) is 41.7. The number of hydrogen-bond acceptors (Lipinski definition) is 4. The molecule has 58 heavy (non-hydrogen) atoms. The van der Waals surface area contributed by atoms with Gasteiger partial charge in [0.1, 0.15) is 0 Å². The number of fused-ring (bicyclic) bond motifs is 6. The van der Waals surface area contributed by atoms with E-state index >= 15 is 0 Å². The fourth-order valence-corrected chi connectivity index (χ4v) is 31.2. The average molecular weight is 922 g/mol. The molecule has 0 amide bonds. The van der Waals surface area contributed by atoms with E-state index in [9.17, 15) is 0 Å². The van der Waals surface area contributed by atoms with Gasteiger partial charge in [-0.15, -0.1) is 22.7 Å². The summed E-state index contributed by atoms with van der Waals surface area (Å²) in [5, 5.41) is 3.10. The van der Waals surface area contributed by atoms with E-state index in [1.807, 2.05) is 31.5 Å². The van der Waals surface area contributed by atoms with Crippen LogP contribution >= 0.6 is 45.3 Å². The molecule has 0 N–H and O–H groups in total. The van der Waals surface area contributed by atoms with E-state index in [1.165, 1.54) is 151 Å². The van der Waals surface area contributed by atoms with E-state index in [1.54, 1.807) is 50.9 Å². The summed E-state index contributed by atoms with van der Waals surface area (Å²) >= 11 is 6.01. The van der Waals surface area contributed by atoms with Crippen molar-refractivity contribution in [1.82, 2.24) is 0 Å². The van der Waals surface area contributed by atoms with Crippen molar-refractivity contribution in [3.05, 3.63) is 54.9 Å². The van der Waals surface area contributed by atoms with Gasteiger partial charge in [-0.3, -0.25) is 0 Å². The number of thiophene rings is 4. The van der Waals surface area contributed by atoms with Gasteiger partial charge >= 0.3 is 192 Å². The molecular weight excluding hydrogens is 837 g/mol. The fourth-order valence-electron chi connectivity index (χ4n) is 10.9. The quantitative estimate of drug-likeness (QED) is 0.0435. The summed E-state index contributed by atoms with van der Waals surface area (Å²) in [6.45, 7) is 23.5. The Bertz CT molecular complexity index is 1570. The number of unbranched alkanes of at least 4 members (excludes halogenated alkanes) is 12. The molecule has 5 heterocycles. The zero-order valence-corrected chi connectivity index (χ0v) is 44.4. The van der Waals surface area contributed by atoms with Gasteiger partial charge in [0.05, 0.1) is 0 Å². The molecule has 1 aliphatic heterocycles. The fraction of sp³-hybridized carbons (Fsp3) is 0.698. The van der Waals surface area contributed by atoms with Crippen molar-refractivity contribution in [3.8, 4) is 19.5 Å². The third-order valence-electron chi connectivity index (χ3n) is 14.2. The SMILES string of the molecule is CCCCCCCCC1(CC(CC)CCCC)c2cc(C)sc2-c2sc(C)cc21.CCCCCCC[CH2][Ge]1([CH2]C(CC)CCCC)[c]2cc(C)sc2-c2sc(C)c[c]21. The molecular formula is C53H84GeS4. The molecule has 0 nitrogen and oxygen atoms in total. The van der Waals surface area contributed by atoms with Crippen LogP contribution in [0.4, 0.5) is 0 Å². The Morgan fingerprint density at radius 2 is 0.879 bits per heavy atom. The normalized spacial score (nSPS) is 15.5. The van der Waals surface area contributed by atoms with E-state index < -0.39 is 13.3 Å². The Morgan fingerprint density at radius 1 is 0.466 bits per heavy atom. The first-order valence-electron chi connectivity index (χ1n) is 24.5. The van der Waals surface area contributed by atoms with Gasteiger partial charge in [-0.25, -0.2) is 0 Å². The van der Waals surface area contributed by atoms with Gasteiger partial charge in [0.25, 0.3) is 0 Å². The van der Waals surface area contributed by atoms with Gasteiger partial charge in [-0.05, 0) is 55.9 Å². The van der Waals surface area contributed by atoms with Crippen molar-refractivity contribution in [3.63, 3.8) is 0 Å². The van der Waals surface area contributed by atoms with Crippen LogP contribution < -0.4 is 8.79 Å². The van der Waals surface area contributed by atoms with Crippen molar-refractivity contribution < 1.29 is 0 Å². The maximum absolute atomic E-state index is 2.64. The zero-order valence-electron chi connectivity index (χ0n) is 39.1. The van der Waals surface area contributed by atoms with E-state index in [0.717, 1.165) is 11.8 Å². The van der Waals surface area contributed by atoms with Crippen LogP contribution in [0.15, 0.2) is 24.3 Å². The average Bonchev–Trinajstić information content (AvgIpc) is 4.05. The van der Waals surface area contributed by atoms with Crippen molar-refractivity contribution in [1.29, 1.82) is 0 Å². The van der Waals surface area contributed by atoms with Gasteiger partial charge in [-0.1, -0.05) is 85.0 Å². The summed E-state index contributed by atoms with van der Waals surface area (Å²) in [6.07, 6.45) is 30.7. The minimum absolute atomic E-state index is 0.291. The van der Waals surface area contributed by atoms with Crippen molar-refractivity contribution in [2.75, 3.05) is 0 Å². The molecule has 0 bridgehead atoms. The second-order valence-electron chi connectivity index (χ2n) is 18.8. The molecule has 2 aliphatic rings. The van der Waals surface area contributed by atoms with E-state index in [4.69, 9.17) is 0 Å². The summed E-state index contributed by atoms with van der Waals surface area (Å²) in [7, 11) is 0. The van der Waals surface area contributed by atoms with Crippen LogP contribution in [0.3, 0.4) is 0 Å². The molecule has 0 aromatic carbocycles. The molecule has 4 aromatic rings. The maximum atomic E-state index is 2.64. The van der Waals surface area contributed by atoms with Gasteiger partial charge in [0, 0.05) is 24.9 Å². The van der Waals surface area contributed by atoms with Crippen LogP contribution in [0.25, 0.3) is 19.5 Å². The second-order valence-corrected chi connectivity index (χ2v) is 32.6. The Kier molecular flexibility index (Phi) is 19.8. The van der Waals surface area contributed by atoms with Crippen molar-refractivity contribution >= 4 is 67.4 Å². The molecule has 5 heteroatoms. The molecule has 2 unspecified atom stereocenters. The van der Waals surface area contributed by atoms with E-state index in [0.29, 0.717) is 5.41 Å². The Balaban J connectivity index is 0.000000221. The van der Waals surface area contributed by atoms with Crippen LogP contribution in [-0.2, 0) is 5.41 Å². The van der Waals surface area contributed by atoms with Crippen LogP contribution in [-0.4, -0.2) is 13.3 Å². The van der Waals surface area contributed by atoms with E-state index in [-0.39, 0.29) is 0 Å². The first-order valence-corrected chi connectivity index (χ1v) is 32.9. The Labute approximate surface area is 377 Å². The molecule has 0 saturated carbocycles. The monoisotopic (exact) mass is 922 g/mol. The molecule has 0 radical (unpaired) electrons. The Hall–Kier alpha value is -0.657. The van der Waals surface area contributed by atoms with Gasteiger partial charge < -0.3 is 0 Å². The molecule has 1 aliphatic carbocycles. The first kappa shape index (κ1) is 48.4. The number of rotatable bonds is 26. The standard InChI is InChI=1S/C27H42S2.C26H42GeS2/c2*1-6-9-11-12-13-14-16-27(19-22(8-3)15-10-7-2)23-17-20(4)28-25(23)26-24(27)18-21(5)29-26/h2*17-18,22H,6-16,19H2,1-5H3. The summed E-state index contributed by atoms with van der Waals surface area (Å²) in [5.74, 6) is 1.79. The van der Waals surface area contributed by atoms with Gasteiger partial charge in [0.2, 0.25) is 0 Å². The Morgan fingerprint density at radius 3 is 1.36 bits per heavy atom. The molecule has 4 aromatic heterocycles. The summed E-state index contributed by atoms with van der Waals surface area (Å²) in [5.41, 5.74) is 3.69.